The van der Waals surface area contributed by atoms with Crippen LogP contribution in [0.25, 0.3) is 0 Å². The summed E-state index contributed by atoms with van der Waals surface area (Å²) in [5.74, 6) is 0.854. The highest BCUT2D eigenvalue weighted by atomic mass is 35.5. The van der Waals surface area contributed by atoms with Crippen LogP contribution < -0.4 is 0 Å². The Kier molecular flexibility index (Phi) is 4.52. The zero-order chi connectivity index (χ0) is 10.5. The molecule has 0 N–H and O–H groups in total. The van der Waals surface area contributed by atoms with E-state index in [2.05, 4.69) is 6.08 Å². The summed E-state index contributed by atoms with van der Waals surface area (Å²) in [5.41, 5.74) is 1.61. The van der Waals surface area contributed by atoms with Crippen LogP contribution in [0, 0.1) is 5.92 Å². The predicted molar refractivity (Wildman–Crippen MR) is 64.4 cm³/mol. The summed E-state index contributed by atoms with van der Waals surface area (Å²) in [6.45, 7) is 1.92. The Morgan fingerprint density at radius 3 is 2.80 bits per heavy atom. The minimum atomic E-state index is 0.294. The molecule has 0 aromatic heterocycles. The molecular weight excluding hydrogens is 208 g/mol. The fourth-order valence-electron chi connectivity index (χ4n) is 2.61. The molecule has 2 aliphatic rings. The van der Waals surface area contributed by atoms with Gasteiger partial charge in [-0.25, -0.2) is 0 Å². The molecule has 1 aliphatic heterocycles. The fraction of sp³-hybridized carbons (Fsp3) is 0.846. The van der Waals surface area contributed by atoms with Gasteiger partial charge in [0.25, 0.3) is 0 Å². The second-order valence-corrected chi connectivity index (χ2v) is 5.41. The highest BCUT2D eigenvalue weighted by Crippen LogP contribution is 2.29. The van der Waals surface area contributed by atoms with Crippen molar-refractivity contribution in [2.75, 3.05) is 13.2 Å². The monoisotopic (exact) mass is 228 g/mol. The normalized spacial score (nSPS) is 29.7. The summed E-state index contributed by atoms with van der Waals surface area (Å²) in [6, 6.07) is 0. The smallest absolute Gasteiger partial charge is 0.0518 e. The molecule has 15 heavy (non-hydrogen) atoms. The van der Waals surface area contributed by atoms with Crippen LogP contribution in [0.5, 0.6) is 0 Å². The Balaban J connectivity index is 1.85. The second-order valence-electron chi connectivity index (χ2n) is 4.85. The standard InChI is InChI=1S/C13H21ClO/c14-13-4-2-1-3-12(10-13)9-11-5-7-15-8-6-11/h10-11,13H,1-9H2. The molecule has 0 aromatic carbocycles. The zero-order valence-corrected chi connectivity index (χ0v) is 10.1. The van der Waals surface area contributed by atoms with Gasteiger partial charge in [0.05, 0.1) is 5.38 Å². The maximum Gasteiger partial charge on any atom is 0.0518 e. The van der Waals surface area contributed by atoms with E-state index in [-0.39, 0.29) is 0 Å². The van der Waals surface area contributed by atoms with Gasteiger partial charge in [-0.05, 0) is 44.4 Å². The van der Waals surface area contributed by atoms with E-state index in [4.69, 9.17) is 16.3 Å². The molecule has 0 aromatic rings. The number of hydrogen-bond acceptors (Lipinski definition) is 1. The third-order valence-corrected chi connectivity index (χ3v) is 3.88. The molecule has 1 nitrogen and oxygen atoms in total. The first kappa shape index (κ1) is 11.5. The molecule has 0 bridgehead atoms. The van der Waals surface area contributed by atoms with E-state index in [0.717, 1.165) is 19.1 Å². The van der Waals surface area contributed by atoms with Crippen LogP contribution in [-0.4, -0.2) is 18.6 Å². The van der Waals surface area contributed by atoms with Crippen molar-refractivity contribution >= 4 is 11.6 Å². The molecule has 0 saturated carbocycles. The summed E-state index contributed by atoms with van der Waals surface area (Å²) in [4.78, 5) is 0. The van der Waals surface area contributed by atoms with E-state index in [1.54, 1.807) is 5.57 Å². The van der Waals surface area contributed by atoms with Gasteiger partial charge >= 0.3 is 0 Å². The quantitative estimate of drug-likeness (QED) is 0.514. The lowest BCUT2D eigenvalue weighted by atomic mass is 9.90. The van der Waals surface area contributed by atoms with Crippen molar-refractivity contribution in [1.82, 2.24) is 0 Å². The van der Waals surface area contributed by atoms with Crippen LogP contribution >= 0.6 is 11.6 Å². The van der Waals surface area contributed by atoms with E-state index < -0.39 is 0 Å². The van der Waals surface area contributed by atoms with Gasteiger partial charge in [0, 0.05) is 13.2 Å². The maximum atomic E-state index is 6.23. The highest BCUT2D eigenvalue weighted by molar-refractivity contribution is 6.21. The molecule has 1 atom stereocenters. The molecule has 0 amide bonds. The highest BCUT2D eigenvalue weighted by Gasteiger charge is 2.17. The Morgan fingerprint density at radius 2 is 2.00 bits per heavy atom. The van der Waals surface area contributed by atoms with Crippen molar-refractivity contribution < 1.29 is 4.74 Å². The molecular formula is C13H21ClO. The molecule has 1 saturated heterocycles. The van der Waals surface area contributed by atoms with Crippen LogP contribution in [0.2, 0.25) is 0 Å². The lowest BCUT2D eigenvalue weighted by Gasteiger charge is -2.23. The van der Waals surface area contributed by atoms with Crippen LogP contribution in [0.4, 0.5) is 0 Å². The van der Waals surface area contributed by atoms with E-state index in [9.17, 15) is 0 Å². The zero-order valence-electron chi connectivity index (χ0n) is 9.38. The predicted octanol–water partition coefficient (Wildman–Crippen LogP) is 3.91. The molecule has 0 spiro atoms. The third-order valence-electron chi connectivity index (χ3n) is 3.54. The molecule has 1 aliphatic carbocycles. The largest absolute Gasteiger partial charge is 0.381 e. The topological polar surface area (TPSA) is 9.23 Å². The van der Waals surface area contributed by atoms with Gasteiger partial charge in [0.15, 0.2) is 0 Å². The van der Waals surface area contributed by atoms with Gasteiger partial charge in [0.1, 0.15) is 0 Å². The lowest BCUT2D eigenvalue weighted by Crippen LogP contribution is -2.16. The molecule has 86 valence electrons. The summed E-state index contributed by atoms with van der Waals surface area (Å²) < 4.78 is 5.39. The minimum absolute atomic E-state index is 0.294. The summed E-state index contributed by atoms with van der Waals surface area (Å²) in [7, 11) is 0. The molecule has 2 rings (SSSR count). The minimum Gasteiger partial charge on any atom is -0.381 e. The third kappa shape index (κ3) is 3.81. The van der Waals surface area contributed by atoms with Crippen molar-refractivity contribution in [3.05, 3.63) is 11.6 Å². The number of alkyl halides is 1. The van der Waals surface area contributed by atoms with Crippen molar-refractivity contribution in [3.63, 3.8) is 0 Å². The average Bonchev–Trinajstić information content (AvgIpc) is 2.44. The number of ether oxygens (including phenoxy) is 1. The Labute approximate surface area is 97.8 Å². The first-order valence-electron chi connectivity index (χ1n) is 6.26. The van der Waals surface area contributed by atoms with Gasteiger partial charge in [-0.3, -0.25) is 0 Å². The van der Waals surface area contributed by atoms with Gasteiger partial charge < -0.3 is 4.74 Å². The Hall–Kier alpha value is -0.0100. The van der Waals surface area contributed by atoms with Gasteiger partial charge in [0.2, 0.25) is 0 Å². The first-order valence-corrected chi connectivity index (χ1v) is 6.69. The van der Waals surface area contributed by atoms with Crippen molar-refractivity contribution in [3.8, 4) is 0 Å². The summed E-state index contributed by atoms with van der Waals surface area (Å²) >= 11 is 6.23. The fourth-order valence-corrected chi connectivity index (χ4v) is 2.94. The van der Waals surface area contributed by atoms with E-state index in [0.29, 0.717) is 5.38 Å². The average molecular weight is 229 g/mol. The van der Waals surface area contributed by atoms with Crippen LogP contribution in [0.1, 0.15) is 44.9 Å². The molecule has 0 radical (unpaired) electrons. The number of hydrogen-bond donors (Lipinski definition) is 0. The number of halogens is 1. The number of allylic oxidation sites excluding steroid dienone is 2. The van der Waals surface area contributed by atoms with Crippen molar-refractivity contribution in [1.29, 1.82) is 0 Å². The molecule has 2 heteroatoms. The van der Waals surface area contributed by atoms with Crippen LogP contribution in [0.3, 0.4) is 0 Å². The van der Waals surface area contributed by atoms with Crippen molar-refractivity contribution in [2.24, 2.45) is 5.92 Å². The molecule has 1 heterocycles. The van der Waals surface area contributed by atoms with E-state index >= 15 is 0 Å². The lowest BCUT2D eigenvalue weighted by molar-refractivity contribution is 0.0663. The molecule has 1 fully saturated rings. The van der Waals surface area contributed by atoms with Gasteiger partial charge in [-0.1, -0.05) is 18.1 Å². The number of rotatable bonds is 2. The summed E-state index contributed by atoms with van der Waals surface area (Å²) in [6.07, 6.45) is 11.1. The van der Waals surface area contributed by atoms with Crippen molar-refractivity contribution in [2.45, 2.75) is 50.3 Å². The van der Waals surface area contributed by atoms with Crippen LogP contribution in [0.15, 0.2) is 11.6 Å². The van der Waals surface area contributed by atoms with E-state index in [1.807, 2.05) is 0 Å². The Morgan fingerprint density at radius 1 is 1.20 bits per heavy atom. The van der Waals surface area contributed by atoms with Gasteiger partial charge in [-0.15, -0.1) is 11.6 Å². The second kappa shape index (κ2) is 5.91. The SMILES string of the molecule is ClC1C=C(CC2CCOCC2)CCCC1. The van der Waals surface area contributed by atoms with Gasteiger partial charge in [-0.2, -0.15) is 0 Å². The van der Waals surface area contributed by atoms with E-state index in [1.165, 1.54) is 44.9 Å². The maximum absolute atomic E-state index is 6.23. The summed E-state index contributed by atoms with van der Waals surface area (Å²) in [5, 5.41) is 0.294. The van der Waals surface area contributed by atoms with Crippen LogP contribution in [-0.2, 0) is 4.74 Å². The first-order chi connectivity index (χ1) is 7.34. The Bertz CT molecular complexity index is 219. The molecule has 1 unspecified atom stereocenters.